The highest BCUT2D eigenvalue weighted by atomic mass is 16.3. The summed E-state index contributed by atoms with van der Waals surface area (Å²) in [6, 6.07) is 40.0. The van der Waals surface area contributed by atoms with Crippen molar-refractivity contribution in [3.63, 3.8) is 0 Å². The lowest BCUT2D eigenvalue weighted by Gasteiger charge is -2.09. The standard InChI is InChI=1S/C32H23N3O/c33-31(24-15-9-14-23(18-24)21-10-3-1-4-11-21)35-32(34)27-19-25(22-12-5-2-6-13-22)20-29-30(27)26-16-7-8-17-28(26)36-29/h1-20H,(H3,33,34,35). The van der Waals surface area contributed by atoms with Crippen molar-refractivity contribution in [1.82, 2.24) is 0 Å². The van der Waals surface area contributed by atoms with Crippen LogP contribution in [0.5, 0.6) is 0 Å². The lowest BCUT2D eigenvalue weighted by molar-refractivity contribution is 0.669. The summed E-state index contributed by atoms with van der Waals surface area (Å²) in [5.41, 5.74) is 13.5. The van der Waals surface area contributed by atoms with Crippen molar-refractivity contribution in [3.05, 3.63) is 132 Å². The summed E-state index contributed by atoms with van der Waals surface area (Å²) in [7, 11) is 0. The van der Waals surface area contributed by atoms with Gasteiger partial charge in [-0.25, -0.2) is 4.99 Å². The summed E-state index contributed by atoms with van der Waals surface area (Å²) >= 11 is 0. The van der Waals surface area contributed by atoms with Crippen LogP contribution < -0.4 is 5.73 Å². The van der Waals surface area contributed by atoms with Gasteiger partial charge in [0.25, 0.3) is 0 Å². The molecule has 1 aromatic heterocycles. The SMILES string of the molecule is N=C(N=C(N)c1cccc(-c2ccccc2)c1)c1cc(-c2ccccc2)cc2oc3ccccc3c12. The fraction of sp³-hybridized carbons (Fsp3) is 0. The van der Waals surface area contributed by atoms with Crippen molar-refractivity contribution in [2.75, 3.05) is 0 Å². The topological polar surface area (TPSA) is 75.4 Å². The molecule has 0 unspecified atom stereocenters. The third kappa shape index (κ3) is 3.95. The van der Waals surface area contributed by atoms with Gasteiger partial charge in [0.1, 0.15) is 17.0 Å². The van der Waals surface area contributed by atoms with Gasteiger partial charge in [-0.05, 0) is 46.5 Å². The zero-order valence-electron chi connectivity index (χ0n) is 19.5. The van der Waals surface area contributed by atoms with Crippen LogP contribution in [0.2, 0.25) is 0 Å². The van der Waals surface area contributed by atoms with Gasteiger partial charge in [-0.2, -0.15) is 0 Å². The Morgan fingerprint density at radius 1 is 0.611 bits per heavy atom. The highest BCUT2D eigenvalue weighted by Gasteiger charge is 2.17. The van der Waals surface area contributed by atoms with Crippen LogP contribution in [0.1, 0.15) is 11.1 Å². The second-order valence-electron chi connectivity index (χ2n) is 8.65. The summed E-state index contributed by atoms with van der Waals surface area (Å²) in [5.74, 6) is 0.385. The molecule has 0 radical (unpaired) electrons. The van der Waals surface area contributed by atoms with Crippen LogP contribution in [0.4, 0.5) is 0 Å². The van der Waals surface area contributed by atoms with E-state index in [2.05, 4.69) is 17.1 Å². The van der Waals surface area contributed by atoms with Crippen molar-refractivity contribution in [2.45, 2.75) is 0 Å². The summed E-state index contributed by atoms with van der Waals surface area (Å²) < 4.78 is 6.18. The Balaban J connectivity index is 1.47. The number of hydrogen-bond acceptors (Lipinski definition) is 2. The van der Waals surface area contributed by atoms with Crippen molar-refractivity contribution < 1.29 is 4.42 Å². The fourth-order valence-corrected chi connectivity index (χ4v) is 4.57. The molecule has 6 aromatic rings. The number of amidine groups is 2. The average molecular weight is 466 g/mol. The third-order valence-corrected chi connectivity index (χ3v) is 6.34. The predicted octanol–water partition coefficient (Wildman–Crippen LogP) is 7.65. The Hall–Kier alpha value is -4.96. The van der Waals surface area contributed by atoms with Crippen molar-refractivity contribution in [2.24, 2.45) is 10.7 Å². The highest BCUT2D eigenvalue weighted by Crippen LogP contribution is 2.35. The highest BCUT2D eigenvalue weighted by molar-refractivity contribution is 6.21. The Morgan fingerprint density at radius 2 is 1.25 bits per heavy atom. The molecule has 0 amide bonds. The minimum Gasteiger partial charge on any atom is -0.456 e. The number of nitrogens with one attached hydrogen (secondary N) is 1. The van der Waals surface area contributed by atoms with E-state index in [1.54, 1.807) is 0 Å². The molecule has 4 heteroatoms. The van der Waals surface area contributed by atoms with Gasteiger partial charge in [0.2, 0.25) is 0 Å². The number of benzene rings is 5. The first-order valence-corrected chi connectivity index (χ1v) is 11.8. The smallest absolute Gasteiger partial charge is 0.154 e. The van der Waals surface area contributed by atoms with E-state index in [0.717, 1.165) is 49.8 Å². The molecule has 1 heterocycles. The summed E-state index contributed by atoms with van der Waals surface area (Å²) in [6.45, 7) is 0. The zero-order chi connectivity index (χ0) is 24.5. The predicted molar refractivity (Wildman–Crippen MR) is 149 cm³/mol. The molecule has 6 rings (SSSR count). The second kappa shape index (κ2) is 9.01. The van der Waals surface area contributed by atoms with Gasteiger partial charge in [0.05, 0.1) is 0 Å². The van der Waals surface area contributed by atoms with Crippen LogP contribution >= 0.6 is 0 Å². The fourth-order valence-electron chi connectivity index (χ4n) is 4.57. The molecule has 0 atom stereocenters. The van der Waals surface area contributed by atoms with Gasteiger partial charge in [-0.15, -0.1) is 0 Å². The molecule has 36 heavy (non-hydrogen) atoms. The first kappa shape index (κ1) is 21.6. The van der Waals surface area contributed by atoms with Crippen LogP contribution in [0, 0.1) is 5.41 Å². The molecular formula is C32H23N3O. The number of fused-ring (bicyclic) bond motifs is 3. The Labute approximate surface area is 208 Å². The first-order chi connectivity index (χ1) is 17.7. The van der Waals surface area contributed by atoms with E-state index >= 15 is 0 Å². The van der Waals surface area contributed by atoms with E-state index in [1.807, 2.05) is 109 Å². The van der Waals surface area contributed by atoms with Crippen LogP contribution in [0.25, 0.3) is 44.2 Å². The molecule has 0 saturated heterocycles. The number of hydrogen-bond donors (Lipinski definition) is 2. The minimum absolute atomic E-state index is 0.0898. The molecule has 5 aromatic carbocycles. The van der Waals surface area contributed by atoms with Gasteiger partial charge in [-0.3, -0.25) is 5.41 Å². The van der Waals surface area contributed by atoms with Crippen LogP contribution in [0.3, 0.4) is 0 Å². The summed E-state index contributed by atoms with van der Waals surface area (Å²) in [5, 5.41) is 10.8. The zero-order valence-corrected chi connectivity index (χ0v) is 19.5. The van der Waals surface area contributed by atoms with Crippen LogP contribution in [-0.2, 0) is 0 Å². The minimum atomic E-state index is 0.0898. The van der Waals surface area contributed by atoms with E-state index in [-0.39, 0.29) is 5.84 Å². The molecular weight excluding hydrogens is 442 g/mol. The van der Waals surface area contributed by atoms with Gasteiger partial charge in [0, 0.05) is 21.9 Å². The average Bonchev–Trinajstić information content (AvgIpc) is 3.32. The first-order valence-electron chi connectivity index (χ1n) is 11.8. The van der Waals surface area contributed by atoms with E-state index in [4.69, 9.17) is 15.6 Å². The molecule has 3 N–H and O–H groups in total. The molecule has 4 nitrogen and oxygen atoms in total. The van der Waals surface area contributed by atoms with Gasteiger partial charge >= 0.3 is 0 Å². The second-order valence-corrected chi connectivity index (χ2v) is 8.65. The summed E-state index contributed by atoms with van der Waals surface area (Å²) in [4.78, 5) is 4.56. The van der Waals surface area contributed by atoms with E-state index < -0.39 is 0 Å². The quantitative estimate of drug-likeness (QED) is 0.207. The maximum atomic E-state index is 8.97. The van der Waals surface area contributed by atoms with Crippen molar-refractivity contribution in [3.8, 4) is 22.3 Å². The maximum absolute atomic E-state index is 8.97. The van der Waals surface area contributed by atoms with Crippen LogP contribution in [0.15, 0.2) is 131 Å². The number of para-hydroxylation sites is 1. The number of nitrogens with zero attached hydrogens (tertiary/aromatic N) is 1. The molecule has 0 spiro atoms. The van der Waals surface area contributed by atoms with E-state index in [9.17, 15) is 0 Å². The van der Waals surface area contributed by atoms with Crippen molar-refractivity contribution in [1.29, 1.82) is 5.41 Å². The third-order valence-electron chi connectivity index (χ3n) is 6.34. The molecule has 0 fully saturated rings. The molecule has 0 aliphatic carbocycles. The van der Waals surface area contributed by atoms with Crippen LogP contribution in [-0.4, -0.2) is 11.7 Å². The Bertz CT molecular complexity index is 1750. The van der Waals surface area contributed by atoms with Gasteiger partial charge < -0.3 is 10.2 Å². The molecule has 172 valence electrons. The lowest BCUT2D eigenvalue weighted by atomic mass is 9.98. The largest absolute Gasteiger partial charge is 0.456 e. The van der Waals surface area contributed by atoms with Gasteiger partial charge in [0.15, 0.2) is 5.84 Å². The Kier molecular flexibility index (Phi) is 5.39. The number of rotatable bonds is 4. The number of furan rings is 1. The molecule has 0 aliphatic heterocycles. The molecule has 0 aliphatic rings. The normalized spacial score (nSPS) is 11.7. The van der Waals surface area contributed by atoms with Crippen molar-refractivity contribution >= 4 is 33.6 Å². The number of nitrogens with two attached hydrogens (primary N) is 1. The van der Waals surface area contributed by atoms with E-state index in [1.165, 1.54) is 0 Å². The lowest BCUT2D eigenvalue weighted by Crippen LogP contribution is -2.16. The molecule has 0 saturated carbocycles. The Morgan fingerprint density at radius 3 is 2.00 bits per heavy atom. The number of aliphatic imine (C=N–C) groups is 1. The molecule has 0 bridgehead atoms. The summed E-state index contributed by atoms with van der Waals surface area (Å²) in [6.07, 6.45) is 0. The van der Waals surface area contributed by atoms with Gasteiger partial charge in [-0.1, -0.05) is 97.1 Å². The maximum Gasteiger partial charge on any atom is 0.154 e. The monoisotopic (exact) mass is 465 g/mol. The van der Waals surface area contributed by atoms with E-state index in [0.29, 0.717) is 11.4 Å².